The molecule has 1 atom stereocenters. The van der Waals surface area contributed by atoms with E-state index in [0.717, 1.165) is 5.56 Å². The minimum Gasteiger partial charge on any atom is -0.480 e. The molecule has 1 rings (SSSR count). The van der Waals surface area contributed by atoms with Crippen LogP contribution in [0.1, 0.15) is 38.7 Å². The molecule has 3 N–H and O–H groups in total. The van der Waals surface area contributed by atoms with Gasteiger partial charge in [0.15, 0.2) is 0 Å². The number of carbonyl (C=O) groups excluding carboxylic acids is 2. The fourth-order valence-electron chi connectivity index (χ4n) is 2.46. The maximum atomic E-state index is 12.9. The van der Waals surface area contributed by atoms with Crippen molar-refractivity contribution in [2.75, 3.05) is 13.1 Å². The van der Waals surface area contributed by atoms with E-state index in [0.29, 0.717) is 25.8 Å². The predicted molar refractivity (Wildman–Crippen MR) is 95.0 cm³/mol. The van der Waals surface area contributed by atoms with Crippen molar-refractivity contribution in [1.82, 2.24) is 15.5 Å². The number of benzene rings is 1. The standard InChI is InChI=1S/C18H26FN3O4/c1-3-5-15(17(25)22(10-4-2)12-16(23)24)21-18(26)20-11-13-6-8-14(19)9-7-13/h6-9,15H,3-5,10-12H2,1-2H3,(H,23,24)(H2,20,21,26). The molecule has 1 aromatic rings. The zero-order valence-corrected chi connectivity index (χ0v) is 15.1. The van der Waals surface area contributed by atoms with Gasteiger partial charge in [0.2, 0.25) is 5.91 Å². The minimum atomic E-state index is -1.09. The Balaban J connectivity index is 2.66. The van der Waals surface area contributed by atoms with Gasteiger partial charge < -0.3 is 20.6 Å². The molecule has 0 fully saturated rings. The quantitative estimate of drug-likeness (QED) is 0.590. The molecular weight excluding hydrogens is 341 g/mol. The summed E-state index contributed by atoms with van der Waals surface area (Å²) >= 11 is 0. The van der Waals surface area contributed by atoms with Crippen LogP contribution in [0.25, 0.3) is 0 Å². The average molecular weight is 367 g/mol. The number of rotatable bonds is 10. The SMILES string of the molecule is CCCC(NC(=O)NCc1ccc(F)cc1)C(=O)N(CCC)CC(=O)O. The third kappa shape index (κ3) is 7.50. The van der Waals surface area contributed by atoms with Gasteiger partial charge in [-0.1, -0.05) is 32.4 Å². The summed E-state index contributed by atoms with van der Waals surface area (Å²) in [5.74, 6) is -1.86. The van der Waals surface area contributed by atoms with E-state index in [9.17, 15) is 18.8 Å². The summed E-state index contributed by atoms with van der Waals surface area (Å²) in [6, 6.07) is 4.38. The van der Waals surface area contributed by atoms with E-state index >= 15 is 0 Å². The van der Waals surface area contributed by atoms with E-state index in [1.807, 2.05) is 13.8 Å². The summed E-state index contributed by atoms with van der Waals surface area (Å²) < 4.78 is 12.9. The summed E-state index contributed by atoms with van der Waals surface area (Å²) in [6.07, 6.45) is 1.68. The zero-order valence-electron chi connectivity index (χ0n) is 15.1. The lowest BCUT2D eigenvalue weighted by Gasteiger charge is -2.26. The van der Waals surface area contributed by atoms with Crippen molar-refractivity contribution in [2.45, 2.75) is 45.7 Å². The van der Waals surface area contributed by atoms with Crippen LogP contribution >= 0.6 is 0 Å². The van der Waals surface area contributed by atoms with Crippen molar-refractivity contribution >= 4 is 17.9 Å². The van der Waals surface area contributed by atoms with E-state index in [4.69, 9.17) is 5.11 Å². The normalized spacial score (nSPS) is 11.5. The van der Waals surface area contributed by atoms with Crippen LogP contribution in [0.15, 0.2) is 24.3 Å². The van der Waals surface area contributed by atoms with E-state index in [1.165, 1.54) is 17.0 Å². The molecule has 144 valence electrons. The van der Waals surface area contributed by atoms with Gasteiger partial charge in [0.1, 0.15) is 18.4 Å². The number of carboxylic acid groups (broad SMARTS) is 1. The number of hydrogen-bond donors (Lipinski definition) is 3. The lowest BCUT2D eigenvalue weighted by molar-refractivity contribution is -0.145. The van der Waals surface area contributed by atoms with Crippen LogP contribution in [-0.2, 0) is 16.1 Å². The number of nitrogens with one attached hydrogen (secondary N) is 2. The molecular formula is C18H26FN3O4. The van der Waals surface area contributed by atoms with Crippen molar-refractivity contribution < 1.29 is 23.9 Å². The maximum absolute atomic E-state index is 12.9. The van der Waals surface area contributed by atoms with Crippen LogP contribution in [0.4, 0.5) is 9.18 Å². The van der Waals surface area contributed by atoms with Crippen LogP contribution in [0.2, 0.25) is 0 Å². The summed E-state index contributed by atoms with van der Waals surface area (Å²) in [5.41, 5.74) is 0.721. The Morgan fingerprint density at radius 3 is 2.35 bits per heavy atom. The smallest absolute Gasteiger partial charge is 0.323 e. The minimum absolute atomic E-state index is 0.187. The second-order valence-corrected chi connectivity index (χ2v) is 5.95. The molecule has 0 aliphatic rings. The lowest BCUT2D eigenvalue weighted by atomic mass is 10.1. The Kier molecular flexibility index (Phi) is 9.11. The zero-order chi connectivity index (χ0) is 19.5. The number of amides is 3. The lowest BCUT2D eigenvalue weighted by Crippen LogP contribution is -2.52. The molecule has 0 aliphatic carbocycles. The highest BCUT2D eigenvalue weighted by atomic mass is 19.1. The first-order valence-electron chi connectivity index (χ1n) is 8.66. The van der Waals surface area contributed by atoms with Crippen LogP contribution in [-0.4, -0.2) is 47.0 Å². The van der Waals surface area contributed by atoms with Gasteiger partial charge in [-0.25, -0.2) is 9.18 Å². The van der Waals surface area contributed by atoms with E-state index in [-0.39, 0.29) is 12.4 Å². The Labute approximate surface area is 152 Å². The molecule has 26 heavy (non-hydrogen) atoms. The molecule has 7 nitrogen and oxygen atoms in total. The Morgan fingerprint density at radius 2 is 1.81 bits per heavy atom. The largest absolute Gasteiger partial charge is 0.480 e. The van der Waals surface area contributed by atoms with E-state index in [2.05, 4.69) is 10.6 Å². The fraction of sp³-hybridized carbons (Fsp3) is 0.500. The third-order valence-electron chi connectivity index (χ3n) is 3.68. The number of carbonyl (C=O) groups is 3. The number of carboxylic acids is 1. The summed E-state index contributed by atoms with van der Waals surface area (Å²) in [4.78, 5) is 36.9. The number of urea groups is 1. The molecule has 0 saturated carbocycles. The van der Waals surface area contributed by atoms with Gasteiger partial charge >= 0.3 is 12.0 Å². The highest BCUT2D eigenvalue weighted by molar-refractivity contribution is 5.89. The highest BCUT2D eigenvalue weighted by Crippen LogP contribution is 2.05. The van der Waals surface area contributed by atoms with Gasteiger partial charge in [-0.3, -0.25) is 9.59 Å². The third-order valence-corrected chi connectivity index (χ3v) is 3.68. The first-order valence-corrected chi connectivity index (χ1v) is 8.66. The van der Waals surface area contributed by atoms with Crippen LogP contribution in [0.3, 0.4) is 0 Å². The van der Waals surface area contributed by atoms with Crippen LogP contribution in [0, 0.1) is 5.82 Å². The predicted octanol–water partition coefficient (Wildman–Crippen LogP) is 2.12. The van der Waals surface area contributed by atoms with Gasteiger partial charge in [-0.15, -0.1) is 0 Å². The van der Waals surface area contributed by atoms with Gasteiger partial charge in [0, 0.05) is 13.1 Å². The monoisotopic (exact) mass is 367 g/mol. The molecule has 0 spiro atoms. The summed E-state index contributed by atoms with van der Waals surface area (Å²) in [5, 5.41) is 14.2. The number of nitrogens with zero attached hydrogens (tertiary/aromatic N) is 1. The van der Waals surface area contributed by atoms with Crippen molar-refractivity contribution in [1.29, 1.82) is 0 Å². The van der Waals surface area contributed by atoms with Gasteiger partial charge in [-0.2, -0.15) is 0 Å². The fourth-order valence-corrected chi connectivity index (χ4v) is 2.46. The average Bonchev–Trinajstić information content (AvgIpc) is 2.59. The van der Waals surface area contributed by atoms with Crippen molar-refractivity contribution in [3.63, 3.8) is 0 Å². The second kappa shape index (κ2) is 11.1. The van der Waals surface area contributed by atoms with Crippen LogP contribution in [0.5, 0.6) is 0 Å². The Bertz CT molecular complexity index is 607. The van der Waals surface area contributed by atoms with Crippen LogP contribution < -0.4 is 10.6 Å². The first-order chi connectivity index (χ1) is 12.4. The molecule has 0 radical (unpaired) electrons. The molecule has 0 aliphatic heterocycles. The van der Waals surface area contributed by atoms with Crippen molar-refractivity contribution in [3.05, 3.63) is 35.6 Å². The van der Waals surface area contributed by atoms with Gasteiger partial charge in [0.25, 0.3) is 0 Å². The molecule has 0 saturated heterocycles. The second-order valence-electron chi connectivity index (χ2n) is 5.95. The highest BCUT2D eigenvalue weighted by Gasteiger charge is 2.26. The van der Waals surface area contributed by atoms with Gasteiger partial charge in [-0.05, 0) is 30.5 Å². The van der Waals surface area contributed by atoms with Crippen molar-refractivity contribution in [2.24, 2.45) is 0 Å². The Morgan fingerprint density at radius 1 is 1.15 bits per heavy atom. The summed E-state index contributed by atoms with van der Waals surface area (Å²) in [7, 11) is 0. The van der Waals surface area contributed by atoms with E-state index < -0.39 is 30.5 Å². The molecule has 0 bridgehead atoms. The molecule has 0 aromatic heterocycles. The molecule has 0 heterocycles. The molecule has 1 aromatic carbocycles. The Hall–Kier alpha value is -2.64. The number of aliphatic carboxylic acids is 1. The first kappa shape index (κ1) is 21.4. The summed E-state index contributed by atoms with van der Waals surface area (Å²) in [6.45, 7) is 3.82. The molecule has 3 amide bonds. The van der Waals surface area contributed by atoms with Gasteiger partial charge in [0.05, 0.1) is 0 Å². The number of halogens is 1. The molecule has 8 heteroatoms. The molecule has 1 unspecified atom stereocenters. The topological polar surface area (TPSA) is 98.7 Å². The van der Waals surface area contributed by atoms with E-state index in [1.54, 1.807) is 12.1 Å². The van der Waals surface area contributed by atoms with Crippen molar-refractivity contribution in [3.8, 4) is 0 Å². The number of hydrogen-bond acceptors (Lipinski definition) is 3. The maximum Gasteiger partial charge on any atom is 0.323 e.